The number of nitrogens with one attached hydrogen (secondary N) is 4. The topological polar surface area (TPSA) is 189 Å². The number of hydrogen-bond acceptors (Lipinski definition) is 9. The van der Waals surface area contributed by atoms with Crippen molar-refractivity contribution in [3.8, 4) is 5.75 Å². The monoisotopic (exact) mass is 745 g/mol. The van der Waals surface area contributed by atoms with Crippen molar-refractivity contribution in [2.75, 3.05) is 0 Å². The maximum atomic E-state index is 14.9. The van der Waals surface area contributed by atoms with E-state index in [0.29, 0.717) is 25.0 Å². The van der Waals surface area contributed by atoms with E-state index in [4.69, 9.17) is 4.84 Å². The van der Waals surface area contributed by atoms with Crippen LogP contribution in [0.5, 0.6) is 5.75 Å². The fraction of sp³-hybridized carbons (Fsp3) is 0.600. The summed E-state index contributed by atoms with van der Waals surface area (Å²) in [5.74, 6) is -3.47. The first-order chi connectivity index (χ1) is 25.9. The summed E-state index contributed by atoms with van der Waals surface area (Å²) in [6.45, 7) is 7.43. The van der Waals surface area contributed by atoms with Crippen LogP contribution in [0.25, 0.3) is 0 Å². The van der Waals surface area contributed by atoms with Crippen molar-refractivity contribution in [2.45, 2.75) is 135 Å². The van der Waals surface area contributed by atoms with Gasteiger partial charge in [-0.1, -0.05) is 84.4 Å². The van der Waals surface area contributed by atoms with Gasteiger partial charge in [0.15, 0.2) is 5.75 Å². The number of aromatic nitrogens is 2. The van der Waals surface area contributed by atoms with Gasteiger partial charge < -0.3 is 25.7 Å². The zero-order valence-electron chi connectivity index (χ0n) is 31.8. The van der Waals surface area contributed by atoms with Gasteiger partial charge in [-0.05, 0) is 67.9 Å². The molecule has 2 heterocycles. The lowest BCUT2D eigenvalue weighted by atomic mass is 9.81. The Morgan fingerprint density at radius 1 is 0.889 bits per heavy atom. The highest BCUT2D eigenvalue weighted by Gasteiger charge is 2.51. The van der Waals surface area contributed by atoms with Gasteiger partial charge in [0.05, 0.1) is 12.2 Å². The molecular formula is C40H55N7O7. The Morgan fingerprint density at radius 3 is 2.26 bits per heavy atom. The third kappa shape index (κ3) is 10.00. The fourth-order valence-corrected chi connectivity index (χ4v) is 8.17. The molecule has 14 nitrogen and oxygen atoms in total. The minimum Gasteiger partial charge on any atom is -0.379 e. The summed E-state index contributed by atoms with van der Waals surface area (Å²) in [4.78, 5) is 97.8. The molecule has 54 heavy (non-hydrogen) atoms. The van der Waals surface area contributed by atoms with Gasteiger partial charge in [0, 0.05) is 18.4 Å². The Hall–Kier alpha value is -4.88. The fourth-order valence-electron chi connectivity index (χ4n) is 8.17. The van der Waals surface area contributed by atoms with E-state index in [-0.39, 0.29) is 35.9 Å². The van der Waals surface area contributed by atoms with Crippen molar-refractivity contribution in [1.82, 2.24) is 36.3 Å². The number of fused-ring (bicyclic) bond motifs is 1. The average molecular weight is 746 g/mol. The standard InChI is InChI=1S/C40H55N7O7/c1-5-14-28(33(48)38(52)46-54-27-18-10-7-11-19-27)43-36(50)31-23-26-17-12-13-20-30(26)47(31)39(53)34(40(2,3)4)45-37(51)32(25-15-8-6-9-16-25)44-35(49)29-24-41-21-22-42-29/h7,10-11,18-19,21-22,24-26,28,30-32,34H,5-6,8-9,12-17,20,23H2,1-4H3,(H,43,50)(H,44,49)(H,45,51)(H,46,52)/t26-,28-,30-,31-,32-,34+/m0/s1. The van der Waals surface area contributed by atoms with Gasteiger partial charge in [-0.15, -0.1) is 0 Å². The number of carbonyl (C=O) groups is 6. The van der Waals surface area contributed by atoms with Gasteiger partial charge in [0.25, 0.3) is 5.91 Å². The Kier molecular flexibility index (Phi) is 13.8. The molecule has 0 radical (unpaired) electrons. The molecule has 3 aliphatic rings. The summed E-state index contributed by atoms with van der Waals surface area (Å²) in [7, 11) is 0. The van der Waals surface area contributed by atoms with Crippen molar-refractivity contribution in [2.24, 2.45) is 17.3 Å². The van der Waals surface area contributed by atoms with E-state index in [0.717, 1.165) is 51.4 Å². The number of benzene rings is 1. The average Bonchev–Trinajstić information content (AvgIpc) is 3.58. The van der Waals surface area contributed by atoms with Crippen LogP contribution in [0.3, 0.4) is 0 Å². The molecule has 0 spiro atoms. The molecule has 2 saturated carbocycles. The number of nitrogens with zero attached hydrogens (tertiary/aromatic N) is 3. The van der Waals surface area contributed by atoms with Crippen molar-refractivity contribution in [3.05, 3.63) is 54.6 Å². The van der Waals surface area contributed by atoms with Gasteiger partial charge in [-0.3, -0.25) is 33.8 Å². The van der Waals surface area contributed by atoms with E-state index in [1.165, 1.54) is 18.6 Å². The number of likely N-dealkylation sites (tertiary alicyclic amines) is 1. The molecule has 1 saturated heterocycles. The highest BCUT2D eigenvalue weighted by molar-refractivity contribution is 6.38. The van der Waals surface area contributed by atoms with Crippen LogP contribution in [0.15, 0.2) is 48.9 Å². The molecule has 14 heteroatoms. The first-order valence-corrected chi connectivity index (χ1v) is 19.4. The molecule has 1 aliphatic heterocycles. The summed E-state index contributed by atoms with van der Waals surface area (Å²) >= 11 is 0. The largest absolute Gasteiger partial charge is 0.379 e. The van der Waals surface area contributed by atoms with E-state index in [1.54, 1.807) is 35.2 Å². The van der Waals surface area contributed by atoms with Crippen molar-refractivity contribution < 1.29 is 33.6 Å². The number of carbonyl (C=O) groups excluding carboxylic acids is 6. The van der Waals surface area contributed by atoms with E-state index >= 15 is 0 Å². The molecule has 1 aromatic heterocycles. The molecule has 5 amide bonds. The van der Waals surface area contributed by atoms with Crippen LogP contribution >= 0.6 is 0 Å². The minimum absolute atomic E-state index is 0.0684. The molecule has 5 rings (SSSR count). The summed E-state index contributed by atoms with van der Waals surface area (Å²) in [5.41, 5.74) is 1.49. The van der Waals surface area contributed by atoms with Crippen LogP contribution in [0.2, 0.25) is 0 Å². The molecule has 0 bridgehead atoms. The second kappa shape index (κ2) is 18.4. The first kappa shape index (κ1) is 40.3. The molecule has 292 valence electrons. The van der Waals surface area contributed by atoms with Crippen LogP contribution in [-0.2, 0) is 24.0 Å². The third-order valence-corrected chi connectivity index (χ3v) is 11.0. The molecule has 4 N–H and O–H groups in total. The lowest BCUT2D eigenvalue weighted by Gasteiger charge is -2.40. The Bertz CT molecular complexity index is 1630. The van der Waals surface area contributed by atoms with Gasteiger partial charge in [-0.2, -0.15) is 5.48 Å². The van der Waals surface area contributed by atoms with E-state index in [2.05, 4.69) is 31.4 Å². The van der Waals surface area contributed by atoms with Crippen molar-refractivity contribution in [1.29, 1.82) is 0 Å². The zero-order valence-corrected chi connectivity index (χ0v) is 31.8. The third-order valence-electron chi connectivity index (χ3n) is 11.0. The number of ketones is 1. The van der Waals surface area contributed by atoms with E-state index in [1.807, 2.05) is 27.7 Å². The summed E-state index contributed by atoms with van der Waals surface area (Å²) in [6.07, 6.45) is 13.2. The SMILES string of the molecule is CCC[C@H](NC(=O)[C@@H]1C[C@@H]2CCCC[C@@H]2N1C(=O)[C@@H](NC(=O)[C@@H](NC(=O)c1cnccn1)C1CCCCC1)C(C)(C)C)C(=O)C(=O)NOc1ccccc1. The number of rotatable bonds is 14. The number of amides is 5. The van der Waals surface area contributed by atoms with Crippen LogP contribution in [0.1, 0.15) is 115 Å². The molecule has 1 aromatic carbocycles. The number of para-hydroxylation sites is 1. The second-order valence-corrected chi connectivity index (χ2v) is 15.9. The predicted octanol–water partition coefficient (Wildman–Crippen LogP) is 3.81. The number of hydrogen-bond donors (Lipinski definition) is 4. The normalized spacial score (nSPS) is 21.8. The maximum absolute atomic E-state index is 14.9. The summed E-state index contributed by atoms with van der Waals surface area (Å²) in [5, 5.41) is 8.73. The molecule has 2 aliphatic carbocycles. The Balaban J connectivity index is 1.36. The van der Waals surface area contributed by atoms with Gasteiger partial charge in [-0.25, -0.2) is 4.98 Å². The molecule has 0 unspecified atom stereocenters. The zero-order chi connectivity index (χ0) is 38.8. The summed E-state index contributed by atoms with van der Waals surface area (Å²) in [6, 6.07) is 4.28. The Morgan fingerprint density at radius 2 is 1.59 bits per heavy atom. The van der Waals surface area contributed by atoms with Crippen molar-refractivity contribution in [3.63, 3.8) is 0 Å². The number of Topliss-reactive ketones (excluding diaryl/α,β-unsaturated/α-hetero) is 1. The van der Waals surface area contributed by atoms with E-state index in [9.17, 15) is 28.8 Å². The quantitative estimate of drug-likeness (QED) is 0.165. The molecule has 2 aromatic rings. The molecular weight excluding hydrogens is 690 g/mol. The number of hydroxylamine groups is 1. The van der Waals surface area contributed by atoms with Gasteiger partial charge in [0.2, 0.25) is 23.5 Å². The molecule has 6 atom stereocenters. The lowest BCUT2D eigenvalue weighted by Crippen LogP contribution is -2.63. The first-order valence-electron chi connectivity index (χ1n) is 19.4. The maximum Gasteiger partial charge on any atom is 0.322 e. The second-order valence-electron chi connectivity index (χ2n) is 15.9. The molecule has 3 fully saturated rings. The highest BCUT2D eigenvalue weighted by Crippen LogP contribution is 2.41. The van der Waals surface area contributed by atoms with E-state index < -0.39 is 59.0 Å². The Labute approximate surface area is 317 Å². The summed E-state index contributed by atoms with van der Waals surface area (Å²) < 4.78 is 0. The highest BCUT2D eigenvalue weighted by atomic mass is 16.7. The van der Waals surface area contributed by atoms with Crippen LogP contribution in [0.4, 0.5) is 0 Å². The van der Waals surface area contributed by atoms with Gasteiger partial charge in [0.1, 0.15) is 23.8 Å². The van der Waals surface area contributed by atoms with Crippen LogP contribution < -0.4 is 26.3 Å². The van der Waals surface area contributed by atoms with Gasteiger partial charge >= 0.3 is 5.91 Å². The minimum atomic E-state index is -1.13. The van der Waals surface area contributed by atoms with Crippen LogP contribution in [-0.4, -0.2) is 80.4 Å². The van der Waals surface area contributed by atoms with Crippen LogP contribution in [0, 0.1) is 17.3 Å². The lowest BCUT2D eigenvalue weighted by molar-refractivity contribution is -0.148. The van der Waals surface area contributed by atoms with Crippen molar-refractivity contribution >= 4 is 35.3 Å². The predicted molar refractivity (Wildman–Crippen MR) is 199 cm³/mol. The smallest absolute Gasteiger partial charge is 0.322 e.